The third-order valence-corrected chi connectivity index (χ3v) is 4.08. The van der Waals surface area contributed by atoms with Crippen LogP contribution in [0, 0.1) is 6.92 Å². The summed E-state index contributed by atoms with van der Waals surface area (Å²) in [6, 6.07) is 10.2. The van der Waals surface area contributed by atoms with E-state index < -0.39 is 0 Å². The Morgan fingerprint density at radius 1 is 1.33 bits per heavy atom. The highest BCUT2D eigenvalue weighted by Gasteiger charge is 2.26. The van der Waals surface area contributed by atoms with Crippen LogP contribution in [-0.2, 0) is 11.2 Å². The number of fused-ring (bicyclic) bond motifs is 1. The van der Waals surface area contributed by atoms with Crippen molar-refractivity contribution in [1.82, 2.24) is 15.2 Å². The molecular formula is C19H23N3O2. The molecule has 1 aliphatic rings. The summed E-state index contributed by atoms with van der Waals surface area (Å²) in [5.74, 6) is 0.909. The number of amides is 1. The molecular weight excluding hydrogens is 302 g/mol. The Morgan fingerprint density at radius 3 is 2.92 bits per heavy atom. The van der Waals surface area contributed by atoms with Crippen molar-refractivity contribution in [2.75, 3.05) is 27.2 Å². The average Bonchev–Trinajstić information content (AvgIpc) is 2.96. The Hall–Kier alpha value is -2.40. The summed E-state index contributed by atoms with van der Waals surface area (Å²) in [6.45, 7) is 2.95. The number of ether oxygens (including phenoxy) is 1. The molecule has 0 unspecified atom stereocenters. The van der Waals surface area contributed by atoms with Crippen molar-refractivity contribution in [2.24, 2.45) is 0 Å². The van der Waals surface area contributed by atoms with Crippen LogP contribution in [0.3, 0.4) is 0 Å². The van der Waals surface area contributed by atoms with Gasteiger partial charge in [0, 0.05) is 18.2 Å². The van der Waals surface area contributed by atoms with E-state index in [-0.39, 0.29) is 12.0 Å². The third kappa shape index (κ3) is 3.57. The Balaban J connectivity index is 1.73. The smallest absolute Gasteiger partial charge is 0.234 e. The number of likely N-dealkylation sites (N-methyl/N-ethyl adjacent to an activating group) is 1. The second-order valence-corrected chi connectivity index (χ2v) is 6.45. The second kappa shape index (κ2) is 7.01. The molecule has 24 heavy (non-hydrogen) atoms. The fraction of sp³-hybridized carbons (Fsp3) is 0.368. The number of pyridine rings is 1. The molecule has 1 aliphatic heterocycles. The highest BCUT2D eigenvalue weighted by Crippen LogP contribution is 2.38. The molecule has 2 aromatic rings. The first-order chi connectivity index (χ1) is 11.5. The van der Waals surface area contributed by atoms with Crippen molar-refractivity contribution in [1.29, 1.82) is 0 Å². The molecule has 1 aromatic heterocycles. The van der Waals surface area contributed by atoms with Gasteiger partial charge < -0.3 is 15.0 Å². The summed E-state index contributed by atoms with van der Waals surface area (Å²) in [5.41, 5.74) is 4.26. The molecule has 0 fully saturated rings. The number of hydrogen-bond acceptors (Lipinski definition) is 4. The number of para-hydroxylation sites is 1. The van der Waals surface area contributed by atoms with Crippen LogP contribution in [-0.4, -0.2) is 49.1 Å². The topological polar surface area (TPSA) is 54.5 Å². The number of hydrogen-bond donors (Lipinski definition) is 1. The van der Waals surface area contributed by atoms with Crippen molar-refractivity contribution in [2.45, 2.75) is 19.4 Å². The Kier molecular flexibility index (Phi) is 4.81. The van der Waals surface area contributed by atoms with E-state index in [1.54, 1.807) is 6.20 Å². The summed E-state index contributed by atoms with van der Waals surface area (Å²) in [7, 11) is 3.76. The van der Waals surface area contributed by atoms with Gasteiger partial charge >= 0.3 is 0 Å². The van der Waals surface area contributed by atoms with Gasteiger partial charge in [-0.2, -0.15) is 0 Å². The van der Waals surface area contributed by atoms with Crippen LogP contribution in [0.25, 0.3) is 11.3 Å². The lowest BCUT2D eigenvalue weighted by Gasteiger charge is -2.15. The van der Waals surface area contributed by atoms with E-state index in [1.807, 2.05) is 37.2 Å². The van der Waals surface area contributed by atoms with Gasteiger partial charge in [0.15, 0.2) is 0 Å². The van der Waals surface area contributed by atoms with Crippen LogP contribution < -0.4 is 10.1 Å². The van der Waals surface area contributed by atoms with E-state index in [4.69, 9.17) is 4.74 Å². The Morgan fingerprint density at radius 2 is 2.17 bits per heavy atom. The zero-order chi connectivity index (χ0) is 17.1. The zero-order valence-electron chi connectivity index (χ0n) is 14.4. The van der Waals surface area contributed by atoms with Crippen molar-refractivity contribution >= 4 is 5.91 Å². The van der Waals surface area contributed by atoms with Crippen molar-refractivity contribution < 1.29 is 9.53 Å². The van der Waals surface area contributed by atoms with Gasteiger partial charge in [-0.15, -0.1) is 0 Å². The van der Waals surface area contributed by atoms with Gasteiger partial charge in [0.1, 0.15) is 11.9 Å². The van der Waals surface area contributed by atoms with Gasteiger partial charge in [-0.1, -0.05) is 18.2 Å². The largest absolute Gasteiger partial charge is 0.487 e. The number of aromatic nitrogens is 1. The summed E-state index contributed by atoms with van der Waals surface area (Å²) >= 11 is 0. The van der Waals surface area contributed by atoms with Crippen LogP contribution in [0.2, 0.25) is 0 Å². The fourth-order valence-electron chi connectivity index (χ4n) is 2.98. The first-order valence-corrected chi connectivity index (χ1v) is 8.16. The lowest BCUT2D eigenvalue weighted by atomic mass is 10.0. The second-order valence-electron chi connectivity index (χ2n) is 6.45. The number of nitrogens with zero attached hydrogens (tertiary/aromatic N) is 2. The molecule has 0 saturated carbocycles. The highest BCUT2D eigenvalue weighted by atomic mass is 16.5. The number of carbonyl (C=O) groups excluding carboxylic acids is 1. The monoisotopic (exact) mass is 325 g/mol. The lowest BCUT2D eigenvalue weighted by Crippen LogP contribution is -2.39. The summed E-state index contributed by atoms with van der Waals surface area (Å²) < 4.78 is 6.13. The van der Waals surface area contributed by atoms with Crippen molar-refractivity contribution in [3.05, 3.63) is 47.7 Å². The number of nitrogens with one attached hydrogen (secondary N) is 1. The third-order valence-electron chi connectivity index (χ3n) is 4.08. The van der Waals surface area contributed by atoms with Crippen molar-refractivity contribution in [3.63, 3.8) is 0 Å². The summed E-state index contributed by atoms with van der Waals surface area (Å²) in [6.07, 6.45) is 2.57. The number of benzene rings is 1. The predicted octanol–water partition coefficient (Wildman–Crippen LogP) is 2.04. The van der Waals surface area contributed by atoms with Gasteiger partial charge in [0.2, 0.25) is 5.91 Å². The summed E-state index contributed by atoms with van der Waals surface area (Å²) in [5, 5.41) is 2.94. The fourth-order valence-corrected chi connectivity index (χ4v) is 2.98. The van der Waals surface area contributed by atoms with Gasteiger partial charge in [0.05, 0.1) is 18.8 Å². The van der Waals surface area contributed by atoms with Crippen LogP contribution in [0.5, 0.6) is 5.75 Å². The molecule has 1 amide bonds. The Bertz CT molecular complexity index is 743. The van der Waals surface area contributed by atoms with Gasteiger partial charge in [0.25, 0.3) is 0 Å². The maximum absolute atomic E-state index is 11.8. The average molecular weight is 325 g/mol. The van der Waals surface area contributed by atoms with E-state index in [0.717, 1.165) is 29.0 Å². The Labute approximate surface area is 142 Å². The standard InChI is InChI=1S/C19H23N3O2/c1-13-6-5-9-20-18(13)16-8-4-7-14-10-15(24-19(14)16)11-21-17(23)12-22(2)3/h4-9,15H,10-12H2,1-3H3,(H,21,23)/t15-/m0/s1. The van der Waals surface area contributed by atoms with Crippen LogP contribution >= 0.6 is 0 Å². The van der Waals surface area contributed by atoms with Gasteiger partial charge in [-0.3, -0.25) is 9.78 Å². The minimum atomic E-state index is -0.0312. The van der Waals surface area contributed by atoms with E-state index in [1.165, 1.54) is 5.56 Å². The van der Waals surface area contributed by atoms with E-state index in [2.05, 4.69) is 29.4 Å². The van der Waals surface area contributed by atoms with Crippen molar-refractivity contribution in [3.8, 4) is 17.0 Å². The summed E-state index contributed by atoms with van der Waals surface area (Å²) in [4.78, 5) is 18.1. The maximum Gasteiger partial charge on any atom is 0.234 e. The molecule has 126 valence electrons. The molecule has 3 rings (SSSR count). The molecule has 0 radical (unpaired) electrons. The normalized spacial score (nSPS) is 15.9. The van der Waals surface area contributed by atoms with E-state index in [9.17, 15) is 4.79 Å². The first-order valence-electron chi connectivity index (χ1n) is 8.16. The molecule has 1 N–H and O–H groups in total. The molecule has 2 heterocycles. The molecule has 0 bridgehead atoms. The minimum Gasteiger partial charge on any atom is -0.487 e. The van der Waals surface area contributed by atoms with Gasteiger partial charge in [-0.05, 0) is 44.3 Å². The highest BCUT2D eigenvalue weighted by molar-refractivity contribution is 5.78. The molecule has 1 aromatic carbocycles. The molecule has 0 saturated heterocycles. The number of rotatable bonds is 5. The number of aryl methyl sites for hydroxylation is 1. The molecule has 0 aliphatic carbocycles. The molecule has 1 atom stereocenters. The SMILES string of the molecule is Cc1cccnc1-c1cccc2c1O[C@H](CNC(=O)CN(C)C)C2. The maximum atomic E-state index is 11.8. The van der Waals surface area contributed by atoms with Crippen LogP contribution in [0.15, 0.2) is 36.5 Å². The van der Waals surface area contributed by atoms with Gasteiger partial charge in [-0.25, -0.2) is 0 Å². The minimum absolute atomic E-state index is 0.0142. The molecule has 0 spiro atoms. The quantitative estimate of drug-likeness (QED) is 0.914. The van der Waals surface area contributed by atoms with E-state index in [0.29, 0.717) is 13.1 Å². The zero-order valence-corrected chi connectivity index (χ0v) is 14.4. The van der Waals surface area contributed by atoms with Crippen LogP contribution in [0.1, 0.15) is 11.1 Å². The lowest BCUT2D eigenvalue weighted by molar-refractivity contribution is -0.122. The number of carbonyl (C=O) groups is 1. The predicted molar refractivity (Wildman–Crippen MR) is 94.1 cm³/mol. The molecule has 5 nitrogen and oxygen atoms in total. The molecule has 5 heteroatoms. The van der Waals surface area contributed by atoms with E-state index >= 15 is 0 Å². The van der Waals surface area contributed by atoms with Crippen LogP contribution in [0.4, 0.5) is 0 Å². The first kappa shape index (κ1) is 16.5.